The lowest BCUT2D eigenvalue weighted by atomic mass is 9.93. The van der Waals surface area contributed by atoms with Crippen LogP contribution in [0.2, 0.25) is 0 Å². The highest BCUT2D eigenvalue weighted by molar-refractivity contribution is 14.1. The van der Waals surface area contributed by atoms with Crippen molar-refractivity contribution in [2.24, 2.45) is 0 Å². The van der Waals surface area contributed by atoms with E-state index in [1.807, 2.05) is 29.5 Å². The molecule has 0 spiro atoms. The number of aromatic amines is 1. The van der Waals surface area contributed by atoms with Gasteiger partial charge in [0, 0.05) is 38.9 Å². The fourth-order valence-corrected chi connectivity index (χ4v) is 2.31. The van der Waals surface area contributed by atoms with Gasteiger partial charge in [-0.15, -0.1) is 0 Å². The molecule has 0 saturated carbocycles. The predicted octanol–water partition coefficient (Wildman–Crippen LogP) is 1.42. The summed E-state index contributed by atoms with van der Waals surface area (Å²) >= 11 is 1.97. The average molecular weight is 350 g/mol. The van der Waals surface area contributed by atoms with Crippen molar-refractivity contribution in [3.63, 3.8) is 0 Å². The number of aromatic nitrogens is 2. The highest BCUT2D eigenvalue weighted by Gasteiger charge is 2.37. The molecule has 1 N–H and O–H groups in total. The van der Waals surface area contributed by atoms with Crippen LogP contribution in [0.4, 0.5) is 0 Å². The Morgan fingerprint density at radius 1 is 1.59 bits per heavy atom. The summed E-state index contributed by atoms with van der Waals surface area (Å²) in [4.78, 5) is 18.8. The third kappa shape index (κ3) is 2.69. The molecule has 0 amide bonds. The molecule has 0 unspecified atom stereocenters. The zero-order valence-corrected chi connectivity index (χ0v) is 11.8. The summed E-state index contributed by atoms with van der Waals surface area (Å²) in [7, 11) is 0. The summed E-state index contributed by atoms with van der Waals surface area (Å²) in [6.45, 7) is 3.81. The molecule has 1 saturated heterocycles. The Kier molecular flexibility index (Phi) is 4.16. The van der Waals surface area contributed by atoms with E-state index in [4.69, 9.17) is 9.47 Å². The summed E-state index contributed by atoms with van der Waals surface area (Å²) in [6, 6.07) is 0. The van der Waals surface area contributed by atoms with Gasteiger partial charge < -0.3 is 14.5 Å². The molecule has 2 heterocycles. The molecule has 94 valence electrons. The van der Waals surface area contributed by atoms with E-state index < -0.39 is 5.60 Å². The maximum Gasteiger partial charge on any atom is 0.264 e. The van der Waals surface area contributed by atoms with Crippen LogP contribution >= 0.6 is 22.6 Å². The number of ether oxygens (including phenoxy) is 2. The maximum absolute atomic E-state index is 11.6. The Morgan fingerprint density at radius 2 is 2.29 bits per heavy atom. The fourth-order valence-electron chi connectivity index (χ4n) is 2.04. The zero-order chi connectivity index (χ0) is 12.3. The Bertz CT molecular complexity index is 435. The van der Waals surface area contributed by atoms with Crippen molar-refractivity contribution in [3.8, 4) is 0 Å². The van der Waals surface area contributed by atoms with Gasteiger partial charge in [0.2, 0.25) is 0 Å². The van der Waals surface area contributed by atoms with Crippen LogP contribution in [0, 0.1) is 3.57 Å². The van der Waals surface area contributed by atoms with Crippen molar-refractivity contribution in [1.82, 2.24) is 9.97 Å². The van der Waals surface area contributed by atoms with Crippen LogP contribution < -0.4 is 5.56 Å². The number of hydrogen-bond donors (Lipinski definition) is 1. The van der Waals surface area contributed by atoms with Crippen LogP contribution in [0.5, 0.6) is 0 Å². The number of hydrogen-bond acceptors (Lipinski definition) is 4. The van der Waals surface area contributed by atoms with E-state index in [1.54, 1.807) is 6.20 Å². The molecule has 1 aromatic heterocycles. The van der Waals surface area contributed by atoms with Gasteiger partial charge in [-0.25, -0.2) is 4.98 Å². The molecule has 0 aromatic carbocycles. The van der Waals surface area contributed by atoms with Crippen LogP contribution in [0.15, 0.2) is 11.0 Å². The van der Waals surface area contributed by atoms with Crippen LogP contribution in [0.1, 0.15) is 25.6 Å². The van der Waals surface area contributed by atoms with Gasteiger partial charge in [-0.3, -0.25) is 4.79 Å². The third-order valence-corrected chi connectivity index (χ3v) is 3.68. The fraction of sp³-hybridized carbons (Fsp3) is 0.636. The maximum atomic E-state index is 11.6. The first-order chi connectivity index (χ1) is 8.18. The number of nitrogens with one attached hydrogen (secondary N) is 1. The van der Waals surface area contributed by atoms with Crippen LogP contribution in [0.25, 0.3) is 0 Å². The molecule has 0 aliphatic carbocycles. The first-order valence-corrected chi connectivity index (χ1v) is 6.73. The minimum atomic E-state index is -0.490. The molecule has 1 aromatic rings. The van der Waals surface area contributed by atoms with Gasteiger partial charge in [0.05, 0.1) is 3.57 Å². The lowest BCUT2D eigenvalue weighted by Crippen LogP contribution is -2.39. The van der Waals surface area contributed by atoms with E-state index >= 15 is 0 Å². The summed E-state index contributed by atoms with van der Waals surface area (Å²) in [5, 5.41) is 0. The summed E-state index contributed by atoms with van der Waals surface area (Å²) in [5.74, 6) is 0.619. The topological polar surface area (TPSA) is 64.2 Å². The second kappa shape index (κ2) is 5.45. The van der Waals surface area contributed by atoms with E-state index in [0.29, 0.717) is 29.2 Å². The standard InChI is InChI=1S/C11H15IN2O3/c1-2-17-11(3-5-16-6-4-11)10-13-7-8(12)9(15)14-10/h7H,2-6H2,1H3,(H,13,14,15). The molecule has 17 heavy (non-hydrogen) atoms. The number of H-pyrrole nitrogens is 1. The van der Waals surface area contributed by atoms with Crippen LogP contribution in [-0.4, -0.2) is 29.8 Å². The van der Waals surface area contributed by atoms with Crippen LogP contribution in [-0.2, 0) is 15.1 Å². The van der Waals surface area contributed by atoms with Crippen molar-refractivity contribution in [2.45, 2.75) is 25.4 Å². The highest BCUT2D eigenvalue weighted by Crippen LogP contribution is 2.33. The molecular formula is C11H15IN2O3. The normalized spacial score (nSPS) is 19.2. The van der Waals surface area contributed by atoms with E-state index in [9.17, 15) is 4.79 Å². The van der Waals surface area contributed by atoms with Crippen molar-refractivity contribution in [3.05, 3.63) is 25.9 Å². The molecule has 5 nitrogen and oxygen atoms in total. The molecule has 6 heteroatoms. The van der Waals surface area contributed by atoms with Gasteiger partial charge in [-0.2, -0.15) is 0 Å². The van der Waals surface area contributed by atoms with Gasteiger partial charge in [0.1, 0.15) is 11.4 Å². The van der Waals surface area contributed by atoms with Crippen LogP contribution in [0.3, 0.4) is 0 Å². The lowest BCUT2D eigenvalue weighted by molar-refractivity contribution is -0.118. The van der Waals surface area contributed by atoms with Crippen molar-refractivity contribution < 1.29 is 9.47 Å². The van der Waals surface area contributed by atoms with E-state index in [-0.39, 0.29) is 5.56 Å². The highest BCUT2D eigenvalue weighted by atomic mass is 127. The lowest BCUT2D eigenvalue weighted by Gasteiger charge is -2.35. The predicted molar refractivity (Wildman–Crippen MR) is 70.9 cm³/mol. The first-order valence-electron chi connectivity index (χ1n) is 5.65. The third-order valence-electron chi connectivity index (χ3n) is 2.91. The van der Waals surface area contributed by atoms with Gasteiger partial charge in [0.25, 0.3) is 5.56 Å². The van der Waals surface area contributed by atoms with Gasteiger partial charge >= 0.3 is 0 Å². The number of rotatable bonds is 3. The SMILES string of the molecule is CCOC1(c2ncc(I)c(=O)[nH]2)CCOCC1. The molecule has 1 fully saturated rings. The van der Waals surface area contributed by atoms with E-state index in [1.165, 1.54) is 0 Å². The Morgan fingerprint density at radius 3 is 2.88 bits per heavy atom. The van der Waals surface area contributed by atoms with Crippen molar-refractivity contribution >= 4 is 22.6 Å². The van der Waals surface area contributed by atoms with E-state index in [0.717, 1.165) is 12.8 Å². The molecule has 2 rings (SSSR count). The molecule has 0 radical (unpaired) electrons. The van der Waals surface area contributed by atoms with Gasteiger partial charge in [-0.1, -0.05) is 0 Å². The zero-order valence-electron chi connectivity index (χ0n) is 9.66. The summed E-state index contributed by atoms with van der Waals surface area (Å²) < 4.78 is 11.8. The van der Waals surface area contributed by atoms with E-state index in [2.05, 4.69) is 9.97 Å². The second-order valence-corrected chi connectivity index (χ2v) is 5.11. The quantitative estimate of drug-likeness (QED) is 0.838. The monoisotopic (exact) mass is 350 g/mol. The molecular weight excluding hydrogens is 335 g/mol. The minimum absolute atomic E-state index is 0.110. The number of nitrogens with zero attached hydrogens (tertiary/aromatic N) is 1. The van der Waals surface area contributed by atoms with Crippen molar-refractivity contribution in [1.29, 1.82) is 0 Å². The Labute approximate surface area is 113 Å². The first kappa shape index (κ1) is 13.0. The second-order valence-electron chi connectivity index (χ2n) is 3.95. The molecule has 1 aliphatic rings. The number of halogens is 1. The molecule has 0 bridgehead atoms. The molecule has 1 aliphatic heterocycles. The van der Waals surface area contributed by atoms with Gasteiger partial charge in [-0.05, 0) is 29.5 Å². The Balaban J connectivity index is 2.37. The largest absolute Gasteiger partial charge is 0.381 e. The van der Waals surface area contributed by atoms with Crippen molar-refractivity contribution in [2.75, 3.05) is 19.8 Å². The van der Waals surface area contributed by atoms with Gasteiger partial charge in [0.15, 0.2) is 0 Å². The Hall–Kier alpha value is -0.470. The minimum Gasteiger partial charge on any atom is -0.381 e. The average Bonchev–Trinajstić information content (AvgIpc) is 2.34. The summed E-state index contributed by atoms with van der Waals surface area (Å²) in [6.07, 6.45) is 3.04. The summed E-state index contributed by atoms with van der Waals surface area (Å²) in [5.41, 5.74) is -0.600. The molecule has 0 atom stereocenters. The smallest absolute Gasteiger partial charge is 0.264 e.